The van der Waals surface area contributed by atoms with Gasteiger partial charge in [-0.15, -0.1) is 0 Å². The molecule has 0 saturated heterocycles. The van der Waals surface area contributed by atoms with Crippen molar-refractivity contribution in [1.29, 1.82) is 0 Å². The second-order valence-corrected chi connectivity index (χ2v) is 5.26. The summed E-state index contributed by atoms with van der Waals surface area (Å²) >= 11 is 0. The molecule has 0 unspecified atom stereocenters. The number of hydrogen-bond acceptors (Lipinski definition) is 2. The molecule has 1 fully saturated rings. The Balaban J connectivity index is 2.21. The normalized spacial score (nSPS) is 17.0. The Morgan fingerprint density at radius 2 is 2.22 bits per heavy atom. The van der Waals surface area contributed by atoms with Gasteiger partial charge < -0.3 is 5.11 Å². The number of hydrogen-bond donors (Lipinski definition) is 1. The predicted octanol–water partition coefficient (Wildman–Crippen LogP) is 2.39. The van der Waals surface area contributed by atoms with Gasteiger partial charge in [-0.1, -0.05) is 12.1 Å². The highest BCUT2D eigenvalue weighted by atomic mass is 16.4. The van der Waals surface area contributed by atoms with Gasteiger partial charge in [-0.2, -0.15) is 5.10 Å². The lowest BCUT2D eigenvalue weighted by molar-refractivity contribution is -0.137. The molecule has 4 nitrogen and oxygen atoms in total. The predicted molar refractivity (Wildman–Crippen MR) is 68.6 cm³/mol. The molecule has 0 radical (unpaired) electrons. The number of carbonyl (C=O) groups is 1. The Morgan fingerprint density at radius 3 is 2.83 bits per heavy atom. The molecule has 0 atom stereocenters. The molecule has 1 heterocycles. The molecule has 1 aliphatic carbocycles. The van der Waals surface area contributed by atoms with Crippen LogP contribution in [-0.2, 0) is 17.3 Å². The highest BCUT2D eigenvalue weighted by Crippen LogP contribution is 2.53. The van der Waals surface area contributed by atoms with Crippen LogP contribution < -0.4 is 0 Å². The van der Waals surface area contributed by atoms with Crippen molar-refractivity contribution < 1.29 is 9.90 Å². The zero-order valence-electron chi connectivity index (χ0n) is 10.6. The molecule has 4 heteroatoms. The molecule has 1 saturated carbocycles. The summed E-state index contributed by atoms with van der Waals surface area (Å²) in [5.41, 5.74) is 3.08. The van der Waals surface area contributed by atoms with Gasteiger partial charge in [-0.25, -0.2) is 0 Å². The van der Waals surface area contributed by atoms with Crippen molar-refractivity contribution in [1.82, 2.24) is 9.78 Å². The van der Waals surface area contributed by atoms with Gasteiger partial charge in [0.1, 0.15) is 0 Å². The van der Waals surface area contributed by atoms with Crippen molar-refractivity contribution in [3.05, 3.63) is 29.5 Å². The van der Waals surface area contributed by atoms with Gasteiger partial charge in [0.15, 0.2) is 0 Å². The van der Waals surface area contributed by atoms with Crippen molar-refractivity contribution in [2.24, 2.45) is 7.05 Å². The van der Waals surface area contributed by atoms with Gasteiger partial charge in [0.2, 0.25) is 0 Å². The van der Waals surface area contributed by atoms with Crippen molar-refractivity contribution >= 4 is 16.9 Å². The number of fused-ring (bicyclic) bond motifs is 1. The van der Waals surface area contributed by atoms with Crippen LogP contribution in [0.2, 0.25) is 0 Å². The summed E-state index contributed by atoms with van der Waals surface area (Å²) in [5.74, 6) is -0.717. The van der Waals surface area contributed by atoms with Crippen molar-refractivity contribution in [2.75, 3.05) is 0 Å². The van der Waals surface area contributed by atoms with E-state index in [1.807, 2.05) is 30.8 Å². The van der Waals surface area contributed by atoms with Gasteiger partial charge in [0.05, 0.1) is 17.6 Å². The number of nitrogens with zero attached hydrogens (tertiary/aromatic N) is 2. The number of aryl methyl sites for hydroxylation is 2. The van der Waals surface area contributed by atoms with E-state index in [9.17, 15) is 4.79 Å². The number of benzene rings is 1. The Bertz CT molecular complexity index is 639. The van der Waals surface area contributed by atoms with E-state index in [-0.39, 0.29) is 11.8 Å². The Labute approximate surface area is 105 Å². The number of carboxylic acids is 1. The second-order valence-electron chi connectivity index (χ2n) is 5.26. The molecular formula is C14H16N2O2. The molecule has 1 aromatic heterocycles. The van der Waals surface area contributed by atoms with Crippen LogP contribution in [-0.4, -0.2) is 20.9 Å². The Morgan fingerprint density at radius 1 is 1.50 bits per heavy atom. The van der Waals surface area contributed by atoms with Crippen LogP contribution in [0.5, 0.6) is 0 Å². The van der Waals surface area contributed by atoms with E-state index in [0.717, 1.165) is 35.0 Å². The number of aliphatic carboxylic acids is 1. The fourth-order valence-corrected chi connectivity index (χ4v) is 2.94. The molecule has 1 aliphatic rings. The smallest absolute Gasteiger partial charge is 0.304 e. The molecule has 1 aromatic carbocycles. The molecule has 0 amide bonds. The number of carboxylic acid groups (broad SMARTS) is 1. The van der Waals surface area contributed by atoms with E-state index in [1.165, 1.54) is 0 Å². The van der Waals surface area contributed by atoms with Crippen LogP contribution >= 0.6 is 0 Å². The zero-order chi connectivity index (χ0) is 12.9. The summed E-state index contributed by atoms with van der Waals surface area (Å²) in [6.07, 6.45) is 2.15. The van der Waals surface area contributed by atoms with Crippen LogP contribution in [0.25, 0.3) is 10.9 Å². The zero-order valence-corrected chi connectivity index (χ0v) is 10.6. The molecule has 3 rings (SSSR count). The summed E-state index contributed by atoms with van der Waals surface area (Å²) < 4.78 is 1.87. The number of aromatic nitrogens is 2. The van der Waals surface area contributed by atoms with E-state index >= 15 is 0 Å². The third-order valence-electron chi connectivity index (χ3n) is 3.97. The average molecular weight is 244 g/mol. The molecule has 2 aromatic rings. The first-order valence-electron chi connectivity index (χ1n) is 6.18. The third kappa shape index (κ3) is 1.52. The van der Waals surface area contributed by atoms with Crippen molar-refractivity contribution in [3.63, 3.8) is 0 Å². The first-order valence-corrected chi connectivity index (χ1v) is 6.18. The van der Waals surface area contributed by atoms with Crippen LogP contribution in [0.3, 0.4) is 0 Å². The first kappa shape index (κ1) is 11.3. The van der Waals surface area contributed by atoms with Crippen molar-refractivity contribution in [3.8, 4) is 0 Å². The van der Waals surface area contributed by atoms with Crippen LogP contribution in [0.4, 0.5) is 0 Å². The summed E-state index contributed by atoms with van der Waals surface area (Å²) in [7, 11) is 1.93. The van der Waals surface area contributed by atoms with Crippen LogP contribution in [0, 0.1) is 6.92 Å². The molecule has 0 spiro atoms. The largest absolute Gasteiger partial charge is 0.481 e. The molecule has 1 N–H and O–H groups in total. The quantitative estimate of drug-likeness (QED) is 0.902. The highest BCUT2D eigenvalue weighted by molar-refractivity contribution is 5.87. The van der Waals surface area contributed by atoms with E-state index in [2.05, 4.69) is 11.2 Å². The van der Waals surface area contributed by atoms with E-state index in [0.29, 0.717) is 0 Å². The lowest BCUT2D eigenvalue weighted by atomic mass is 9.89. The van der Waals surface area contributed by atoms with E-state index < -0.39 is 5.97 Å². The Hall–Kier alpha value is -1.84. The first-order chi connectivity index (χ1) is 8.53. The summed E-state index contributed by atoms with van der Waals surface area (Å²) in [6.45, 7) is 1.99. The average Bonchev–Trinajstić information content (AvgIpc) is 3.01. The maximum absolute atomic E-state index is 11.0. The summed E-state index contributed by atoms with van der Waals surface area (Å²) in [4.78, 5) is 11.0. The molecule has 0 bridgehead atoms. The second kappa shape index (κ2) is 3.57. The van der Waals surface area contributed by atoms with E-state index in [1.54, 1.807) is 0 Å². The van der Waals surface area contributed by atoms with Gasteiger partial charge in [0, 0.05) is 17.8 Å². The monoisotopic (exact) mass is 244 g/mol. The van der Waals surface area contributed by atoms with Gasteiger partial charge in [-0.3, -0.25) is 9.48 Å². The van der Waals surface area contributed by atoms with Gasteiger partial charge in [-0.05, 0) is 31.4 Å². The standard InChI is InChI=1S/C14H16N2O2/c1-9-13-10(14(6-7-14)8-12(17)18)4-3-5-11(13)16(2)15-9/h3-5H,6-8H2,1-2H3,(H,17,18). The van der Waals surface area contributed by atoms with Gasteiger partial charge >= 0.3 is 5.97 Å². The highest BCUT2D eigenvalue weighted by Gasteiger charge is 2.47. The molecule has 0 aliphatic heterocycles. The van der Waals surface area contributed by atoms with Crippen LogP contribution in [0.1, 0.15) is 30.5 Å². The fraction of sp³-hybridized carbons (Fsp3) is 0.429. The van der Waals surface area contributed by atoms with Crippen molar-refractivity contribution in [2.45, 2.75) is 31.6 Å². The maximum Gasteiger partial charge on any atom is 0.304 e. The van der Waals surface area contributed by atoms with E-state index in [4.69, 9.17) is 5.11 Å². The lowest BCUT2D eigenvalue weighted by Gasteiger charge is -2.14. The maximum atomic E-state index is 11.0. The summed E-state index contributed by atoms with van der Waals surface area (Å²) in [6, 6.07) is 6.10. The summed E-state index contributed by atoms with van der Waals surface area (Å²) in [5, 5.41) is 14.7. The fourth-order valence-electron chi connectivity index (χ4n) is 2.94. The Kier molecular flexibility index (Phi) is 2.24. The molecule has 18 heavy (non-hydrogen) atoms. The molecular weight excluding hydrogens is 228 g/mol. The minimum absolute atomic E-state index is 0.154. The minimum Gasteiger partial charge on any atom is -0.481 e. The van der Waals surface area contributed by atoms with Crippen LogP contribution in [0.15, 0.2) is 18.2 Å². The lowest BCUT2D eigenvalue weighted by Crippen LogP contribution is -2.13. The molecule has 94 valence electrons. The van der Waals surface area contributed by atoms with Gasteiger partial charge in [0.25, 0.3) is 0 Å². The topological polar surface area (TPSA) is 55.1 Å². The number of rotatable bonds is 3. The minimum atomic E-state index is -0.717. The SMILES string of the molecule is Cc1nn(C)c2cccc(C3(CC(=O)O)CC3)c12. The third-order valence-corrected chi connectivity index (χ3v) is 3.97.